The molecule has 1 heterocycles. The molecule has 1 amide bonds. The van der Waals surface area contributed by atoms with Crippen molar-refractivity contribution in [1.29, 1.82) is 0 Å². The molecule has 0 aromatic rings. The lowest BCUT2D eigenvalue weighted by atomic mass is 10.1. The van der Waals surface area contributed by atoms with Crippen molar-refractivity contribution in [3.8, 4) is 0 Å². The van der Waals surface area contributed by atoms with E-state index in [1.807, 2.05) is 0 Å². The summed E-state index contributed by atoms with van der Waals surface area (Å²) >= 11 is 0. The van der Waals surface area contributed by atoms with Crippen LogP contribution in [0.4, 0.5) is 0 Å². The van der Waals surface area contributed by atoms with Crippen LogP contribution in [-0.4, -0.2) is 55.0 Å². The van der Waals surface area contributed by atoms with Gasteiger partial charge in [-0.05, 0) is 44.8 Å². The van der Waals surface area contributed by atoms with Crippen molar-refractivity contribution in [2.45, 2.75) is 52.4 Å². The van der Waals surface area contributed by atoms with E-state index < -0.39 is 0 Å². The van der Waals surface area contributed by atoms with Gasteiger partial charge in [0, 0.05) is 26.1 Å². The Balaban J connectivity index is 0. The first-order valence-electron chi connectivity index (χ1n) is 8.41. The Morgan fingerprint density at radius 1 is 1.14 bits per heavy atom. The van der Waals surface area contributed by atoms with Crippen molar-refractivity contribution in [3.05, 3.63) is 0 Å². The lowest BCUT2D eigenvalue weighted by Crippen LogP contribution is -2.33. The Morgan fingerprint density at radius 3 is 2.36 bits per heavy atom. The summed E-state index contributed by atoms with van der Waals surface area (Å²) in [5, 5.41) is 0. The summed E-state index contributed by atoms with van der Waals surface area (Å²) in [6.07, 6.45) is 6.31. The largest absolute Gasteiger partial charge is 0.342 e. The first kappa shape index (κ1) is 24.2. The van der Waals surface area contributed by atoms with Gasteiger partial charge >= 0.3 is 0 Å². The second-order valence-corrected chi connectivity index (χ2v) is 5.93. The number of halogens is 2. The molecule has 6 heteroatoms. The molecule has 1 atom stereocenters. The van der Waals surface area contributed by atoms with E-state index in [4.69, 9.17) is 5.73 Å². The normalized spacial score (nSPS) is 17.3. The van der Waals surface area contributed by atoms with Crippen LogP contribution in [0.2, 0.25) is 0 Å². The number of hydrogen-bond donors (Lipinski definition) is 1. The molecule has 4 nitrogen and oxygen atoms in total. The average Bonchev–Trinajstić information content (AvgIpc) is 2.93. The van der Waals surface area contributed by atoms with Gasteiger partial charge in [0.15, 0.2) is 0 Å². The summed E-state index contributed by atoms with van der Waals surface area (Å²) < 4.78 is 0. The zero-order valence-corrected chi connectivity index (χ0v) is 15.9. The van der Waals surface area contributed by atoms with Gasteiger partial charge in [0.2, 0.25) is 5.91 Å². The molecule has 1 unspecified atom stereocenters. The molecule has 0 spiro atoms. The molecule has 0 bridgehead atoms. The van der Waals surface area contributed by atoms with E-state index in [-0.39, 0.29) is 24.8 Å². The predicted molar refractivity (Wildman–Crippen MR) is 99.1 cm³/mol. The summed E-state index contributed by atoms with van der Waals surface area (Å²) in [7, 11) is 0. The minimum absolute atomic E-state index is 0. The maximum Gasteiger partial charge on any atom is 0.222 e. The van der Waals surface area contributed by atoms with Crippen molar-refractivity contribution in [2.24, 2.45) is 11.7 Å². The molecule has 1 rings (SSSR count). The zero-order chi connectivity index (χ0) is 14.8. The van der Waals surface area contributed by atoms with Gasteiger partial charge in [-0.2, -0.15) is 0 Å². The standard InChI is InChI=1S/C16H33N3O.2ClH/c1-3-18(4-2)13-15-10-12-19(14-15)16(20)9-7-5-6-8-11-17;;/h15H,3-14,17H2,1-2H3;2*1H. The minimum Gasteiger partial charge on any atom is -0.342 e. The van der Waals surface area contributed by atoms with E-state index >= 15 is 0 Å². The lowest BCUT2D eigenvalue weighted by Gasteiger charge is -2.22. The molecule has 0 aliphatic carbocycles. The van der Waals surface area contributed by atoms with E-state index in [9.17, 15) is 4.79 Å². The highest BCUT2D eigenvalue weighted by molar-refractivity contribution is 5.85. The van der Waals surface area contributed by atoms with Crippen LogP contribution in [-0.2, 0) is 4.79 Å². The number of carbonyl (C=O) groups is 1. The molecule has 0 radical (unpaired) electrons. The van der Waals surface area contributed by atoms with Gasteiger partial charge in [0.1, 0.15) is 0 Å². The van der Waals surface area contributed by atoms with Crippen LogP contribution in [0.1, 0.15) is 52.4 Å². The topological polar surface area (TPSA) is 49.6 Å². The zero-order valence-electron chi connectivity index (χ0n) is 14.3. The number of amides is 1. The highest BCUT2D eigenvalue weighted by Gasteiger charge is 2.26. The first-order chi connectivity index (χ1) is 9.71. The van der Waals surface area contributed by atoms with Gasteiger partial charge in [0.05, 0.1) is 0 Å². The molecule has 2 N–H and O–H groups in total. The summed E-state index contributed by atoms with van der Waals surface area (Å²) in [6, 6.07) is 0. The van der Waals surface area contributed by atoms with Crippen LogP contribution in [0, 0.1) is 5.92 Å². The third kappa shape index (κ3) is 9.19. The second-order valence-electron chi connectivity index (χ2n) is 5.93. The third-order valence-electron chi connectivity index (χ3n) is 4.39. The quantitative estimate of drug-likeness (QED) is 0.613. The van der Waals surface area contributed by atoms with E-state index in [1.54, 1.807) is 0 Å². The van der Waals surface area contributed by atoms with Crippen molar-refractivity contribution in [1.82, 2.24) is 9.80 Å². The molecule has 1 aliphatic heterocycles. The van der Waals surface area contributed by atoms with E-state index in [2.05, 4.69) is 23.6 Å². The number of nitrogens with two attached hydrogens (primary N) is 1. The molecule has 0 aromatic heterocycles. The number of hydrogen-bond acceptors (Lipinski definition) is 3. The highest BCUT2D eigenvalue weighted by atomic mass is 35.5. The Hall–Kier alpha value is -0.0300. The Kier molecular flexibility index (Phi) is 16.0. The molecule has 22 heavy (non-hydrogen) atoms. The fourth-order valence-corrected chi connectivity index (χ4v) is 2.99. The van der Waals surface area contributed by atoms with E-state index in [0.29, 0.717) is 11.8 Å². The lowest BCUT2D eigenvalue weighted by molar-refractivity contribution is -0.130. The van der Waals surface area contributed by atoms with Gasteiger partial charge in [-0.1, -0.05) is 26.7 Å². The van der Waals surface area contributed by atoms with E-state index in [1.165, 1.54) is 6.42 Å². The average molecular weight is 356 g/mol. The first-order valence-corrected chi connectivity index (χ1v) is 8.41. The summed E-state index contributed by atoms with van der Waals surface area (Å²) in [5.74, 6) is 1.04. The summed E-state index contributed by atoms with van der Waals surface area (Å²) in [5.41, 5.74) is 5.47. The second kappa shape index (κ2) is 14.6. The molecule has 1 aliphatic rings. The molecule has 1 fully saturated rings. The molecule has 0 saturated carbocycles. The van der Waals surface area contributed by atoms with Gasteiger partial charge in [-0.3, -0.25) is 4.79 Å². The number of nitrogens with zero attached hydrogens (tertiary/aromatic N) is 2. The monoisotopic (exact) mass is 355 g/mol. The van der Waals surface area contributed by atoms with Gasteiger partial charge < -0.3 is 15.5 Å². The van der Waals surface area contributed by atoms with Crippen molar-refractivity contribution in [2.75, 3.05) is 39.3 Å². The molecular weight excluding hydrogens is 321 g/mol. The molecule has 1 saturated heterocycles. The fourth-order valence-electron chi connectivity index (χ4n) is 2.99. The Labute approximate surface area is 149 Å². The number of rotatable bonds is 10. The number of unbranched alkanes of at least 4 members (excludes halogenated alkanes) is 3. The van der Waals surface area contributed by atoms with Crippen LogP contribution in [0.25, 0.3) is 0 Å². The fraction of sp³-hybridized carbons (Fsp3) is 0.938. The molecule has 134 valence electrons. The van der Waals surface area contributed by atoms with Crippen molar-refractivity contribution < 1.29 is 4.79 Å². The van der Waals surface area contributed by atoms with E-state index in [0.717, 1.165) is 71.4 Å². The Bertz CT molecular complexity index is 276. The third-order valence-corrected chi connectivity index (χ3v) is 4.39. The maximum absolute atomic E-state index is 12.1. The van der Waals surface area contributed by atoms with Crippen LogP contribution < -0.4 is 5.73 Å². The molecule has 0 aromatic carbocycles. The SMILES string of the molecule is CCN(CC)CC1CCN(C(=O)CCCCCCN)C1.Cl.Cl. The van der Waals surface area contributed by atoms with Gasteiger partial charge in [0.25, 0.3) is 0 Å². The minimum atomic E-state index is 0. The number of carbonyl (C=O) groups excluding carboxylic acids is 1. The predicted octanol–water partition coefficient (Wildman–Crippen LogP) is 2.93. The van der Waals surface area contributed by atoms with Gasteiger partial charge in [-0.25, -0.2) is 0 Å². The van der Waals surface area contributed by atoms with Crippen LogP contribution in [0.3, 0.4) is 0 Å². The smallest absolute Gasteiger partial charge is 0.222 e. The van der Waals surface area contributed by atoms with Gasteiger partial charge in [-0.15, -0.1) is 24.8 Å². The van der Waals surface area contributed by atoms with Crippen molar-refractivity contribution >= 4 is 30.7 Å². The highest BCUT2D eigenvalue weighted by Crippen LogP contribution is 2.19. The van der Waals surface area contributed by atoms with Crippen molar-refractivity contribution in [3.63, 3.8) is 0 Å². The van der Waals surface area contributed by atoms with Crippen LogP contribution >= 0.6 is 24.8 Å². The van der Waals surface area contributed by atoms with Crippen LogP contribution in [0.5, 0.6) is 0 Å². The van der Waals surface area contributed by atoms with Crippen LogP contribution in [0.15, 0.2) is 0 Å². The number of likely N-dealkylation sites (tertiary alicyclic amines) is 1. The maximum atomic E-state index is 12.1. The molecular formula is C16H35Cl2N3O. The Morgan fingerprint density at radius 2 is 1.77 bits per heavy atom. The summed E-state index contributed by atoms with van der Waals surface area (Å²) in [6.45, 7) is 10.5. The summed E-state index contributed by atoms with van der Waals surface area (Å²) in [4.78, 5) is 16.7.